The van der Waals surface area contributed by atoms with E-state index in [1.807, 2.05) is 13.1 Å². The molecule has 0 spiro atoms. The molecule has 0 saturated carbocycles. The van der Waals surface area contributed by atoms with Gasteiger partial charge >= 0.3 is 0 Å². The molecular weight excluding hydrogens is 172 g/mol. The molecule has 2 aromatic rings. The van der Waals surface area contributed by atoms with Crippen molar-refractivity contribution in [2.45, 2.75) is 6.92 Å². The third kappa shape index (κ3) is 0.994. The summed E-state index contributed by atoms with van der Waals surface area (Å²) in [5.41, 5.74) is 2.34. The quantitative estimate of drug-likeness (QED) is 0.570. The number of rotatable bonds is 0. The Morgan fingerprint density at radius 3 is 2.92 bits per heavy atom. The van der Waals surface area contributed by atoms with E-state index in [4.69, 9.17) is 11.6 Å². The van der Waals surface area contributed by atoms with Crippen molar-refractivity contribution in [1.82, 2.24) is 9.55 Å². The van der Waals surface area contributed by atoms with Gasteiger partial charge in [-0.25, -0.2) is 4.98 Å². The summed E-state index contributed by atoms with van der Waals surface area (Å²) in [7, 11) is 2.02. The maximum atomic E-state index is 5.76. The minimum Gasteiger partial charge on any atom is -0.347 e. The third-order valence-electron chi connectivity index (χ3n) is 2.14. The van der Waals surface area contributed by atoms with Gasteiger partial charge in [0.05, 0.1) is 11.7 Å². The highest BCUT2D eigenvalue weighted by atomic mass is 35.5. The first-order valence-electron chi connectivity index (χ1n) is 3.76. The predicted molar refractivity (Wildman–Crippen MR) is 50.5 cm³/mol. The lowest BCUT2D eigenvalue weighted by Crippen LogP contribution is -1.89. The average molecular weight is 181 g/mol. The van der Waals surface area contributed by atoms with Crippen LogP contribution >= 0.6 is 11.6 Å². The second-order valence-electron chi connectivity index (χ2n) is 2.91. The minimum absolute atomic E-state index is 0.549. The third-order valence-corrected chi connectivity index (χ3v) is 2.34. The molecule has 2 aromatic heterocycles. The lowest BCUT2D eigenvalue weighted by molar-refractivity contribution is 0.915. The highest BCUT2D eigenvalue weighted by Crippen LogP contribution is 2.19. The van der Waals surface area contributed by atoms with Crippen molar-refractivity contribution in [3.8, 4) is 0 Å². The topological polar surface area (TPSA) is 17.8 Å². The predicted octanol–water partition coefficient (Wildman–Crippen LogP) is 2.54. The van der Waals surface area contributed by atoms with Crippen molar-refractivity contribution < 1.29 is 0 Å². The normalized spacial score (nSPS) is 10.9. The number of aromatic nitrogens is 2. The molecule has 12 heavy (non-hydrogen) atoms. The van der Waals surface area contributed by atoms with Crippen LogP contribution in [0.1, 0.15) is 5.69 Å². The number of hydrogen-bond acceptors (Lipinski definition) is 1. The van der Waals surface area contributed by atoms with Gasteiger partial charge in [0.2, 0.25) is 0 Å². The number of pyridine rings is 1. The van der Waals surface area contributed by atoms with Crippen LogP contribution in [0.2, 0.25) is 5.15 Å². The summed E-state index contributed by atoms with van der Waals surface area (Å²) in [4.78, 5) is 4.03. The molecule has 2 nitrogen and oxygen atoms in total. The molecule has 0 bridgehead atoms. The van der Waals surface area contributed by atoms with Crippen molar-refractivity contribution in [2.24, 2.45) is 7.05 Å². The van der Waals surface area contributed by atoms with E-state index < -0.39 is 0 Å². The summed E-state index contributed by atoms with van der Waals surface area (Å²) in [5, 5.41) is 1.70. The molecule has 0 aromatic carbocycles. The van der Waals surface area contributed by atoms with Gasteiger partial charge in [-0.05, 0) is 19.1 Å². The molecule has 0 radical (unpaired) electrons. The zero-order valence-electron chi connectivity index (χ0n) is 7.00. The molecule has 0 unspecified atom stereocenters. The Balaban J connectivity index is 2.87. The molecule has 0 atom stereocenters. The Kier molecular flexibility index (Phi) is 1.58. The fourth-order valence-corrected chi connectivity index (χ4v) is 1.51. The second-order valence-corrected chi connectivity index (χ2v) is 3.30. The summed E-state index contributed by atoms with van der Waals surface area (Å²) < 4.78 is 2.10. The van der Waals surface area contributed by atoms with Crippen LogP contribution in [0.5, 0.6) is 0 Å². The Hall–Kier alpha value is -1.02. The van der Waals surface area contributed by atoms with Gasteiger partial charge in [0.25, 0.3) is 0 Å². The molecule has 0 aliphatic carbocycles. The molecule has 62 valence electrons. The first-order chi connectivity index (χ1) is 5.68. The standard InChI is InChI=1S/C9H9ClN2/c1-6-3-7-4-9(10)11-5-8(7)12(6)2/h3-5H,1-2H3. The zero-order chi connectivity index (χ0) is 8.72. The number of aryl methyl sites for hydroxylation is 2. The van der Waals surface area contributed by atoms with E-state index in [-0.39, 0.29) is 0 Å². The number of nitrogens with zero attached hydrogens (tertiary/aromatic N) is 2. The number of fused-ring (bicyclic) bond motifs is 1. The van der Waals surface area contributed by atoms with Crippen molar-refractivity contribution in [3.05, 3.63) is 29.2 Å². The van der Waals surface area contributed by atoms with Crippen LogP contribution in [-0.2, 0) is 7.05 Å². The molecule has 2 heterocycles. The SMILES string of the molecule is Cc1cc2cc(Cl)ncc2n1C. The van der Waals surface area contributed by atoms with Crippen LogP contribution in [-0.4, -0.2) is 9.55 Å². The van der Waals surface area contributed by atoms with Gasteiger partial charge in [-0.15, -0.1) is 0 Å². The summed E-state index contributed by atoms with van der Waals surface area (Å²) in [6.07, 6.45) is 1.80. The summed E-state index contributed by atoms with van der Waals surface area (Å²) >= 11 is 5.76. The van der Waals surface area contributed by atoms with E-state index in [9.17, 15) is 0 Å². The van der Waals surface area contributed by atoms with Gasteiger partial charge < -0.3 is 4.57 Å². The Labute approximate surface area is 75.8 Å². The van der Waals surface area contributed by atoms with Gasteiger partial charge in [0.15, 0.2) is 0 Å². The van der Waals surface area contributed by atoms with E-state index in [0.717, 1.165) is 10.9 Å². The van der Waals surface area contributed by atoms with Crippen molar-refractivity contribution in [3.63, 3.8) is 0 Å². The van der Waals surface area contributed by atoms with Crippen molar-refractivity contribution in [2.75, 3.05) is 0 Å². The largest absolute Gasteiger partial charge is 0.347 e. The smallest absolute Gasteiger partial charge is 0.129 e. The number of halogens is 1. The molecule has 0 fully saturated rings. The van der Waals surface area contributed by atoms with Crippen LogP contribution < -0.4 is 0 Å². The second kappa shape index (κ2) is 2.49. The summed E-state index contributed by atoms with van der Waals surface area (Å²) in [5.74, 6) is 0. The molecule has 0 aliphatic rings. The summed E-state index contributed by atoms with van der Waals surface area (Å²) in [6, 6.07) is 3.98. The van der Waals surface area contributed by atoms with Gasteiger partial charge in [0.1, 0.15) is 5.15 Å². The molecular formula is C9H9ClN2. The first-order valence-corrected chi connectivity index (χ1v) is 4.14. The average Bonchev–Trinajstić information content (AvgIpc) is 2.28. The van der Waals surface area contributed by atoms with Crippen molar-refractivity contribution >= 4 is 22.5 Å². The lowest BCUT2D eigenvalue weighted by atomic mass is 10.3. The Morgan fingerprint density at radius 2 is 2.17 bits per heavy atom. The maximum absolute atomic E-state index is 5.76. The highest BCUT2D eigenvalue weighted by Gasteiger charge is 2.02. The Morgan fingerprint density at radius 1 is 1.42 bits per heavy atom. The van der Waals surface area contributed by atoms with Gasteiger partial charge in [-0.2, -0.15) is 0 Å². The van der Waals surface area contributed by atoms with Crippen LogP contribution in [0.3, 0.4) is 0 Å². The minimum atomic E-state index is 0.549. The van der Waals surface area contributed by atoms with E-state index in [0.29, 0.717) is 5.15 Å². The van der Waals surface area contributed by atoms with Crippen molar-refractivity contribution in [1.29, 1.82) is 0 Å². The number of hydrogen-bond donors (Lipinski definition) is 0. The van der Waals surface area contributed by atoms with E-state index in [2.05, 4.69) is 22.5 Å². The van der Waals surface area contributed by atoms with Gasteiger partial charge in [0, 0.05) is 18.1 Å². The van der Waals surface area contributed by atoms with Gasteiger partial charge in [-0.1, -0.05) is 11.6 Å². The monoisotopic (exact) mass is 180 g/mol. The molecule has 0 saturated heterocycles. The van der Waals surface area contributed by atoms with Crippen LogP contribution in [0.25, 0.3) is 10.9 Å². The van der Waals surface area contributed by atoms with E-state index in [1.165, 1.54) is 5.69 Å². The van der Waals surface area contributed by atoms with E-state index in [1.54, 1.807) is 6.20 Å². The van der Waals surface area contributed by atoms with Gasteiger partial charge in [-0.3, -0.25) is 0 Å². The van der Waals surface area contributed by atoms with Crippen LogP contribution in [0, 0.1) is 6.92 Å². The Bertz CT molecular complexity index is 431. The van der Waals surface area contributed by atoms with E-state index >= 15 is 0 Å². The summed E-state index contributed by atoms with van der Waals surface area (Å²) in [6.45, 7) is 2.06. The molecule has 3 heteroatoms. The van der Waals surface area contributed by atoms with Crippen LogP contribution in [0.4, 0.5) is 0 Å². The first kappa shape index (κ1) is 7.62. The molecule has 0 amide bonds. The lowest BCUT2D eigenvalue weighted by Gasteiger charge is -1.96. The molecule has 2 rings (SSSR count). The highest BCUT2D eigenvalue weighted by molar-refractivity contribution is 6.30. The zero-order valence-corrected chi connectivity index (χ0v) is 7.76. The van der Waals surface area contributed by atoms with Crippen LogP contribution in [0.15, 0.2) is 18.3 Å². The fraction of sp³-hybridized carbons (Fsp3) is 0.222. The maximum Gasteiger partial charge on any atom is 0.129 e. The molecule has 0 N–H and O–H groups in total. The molecule has 0 aliphatic heterocycles. The fourth-order valence-electron chi connectivity index (χ4n) is 1.34.